The van der Waals surface area contributed by atoms with Crippen molar-refractivity contribution in [1.82, 2.24) is 15.3 Å². The average molecular weight is 374 g/mol. The molecule has 4 saturated heterocycles. The summed E-state index contributed by atoms with van der Waals surface area (Å²) in [5.74, 6) is 1.07. The molecule has 0 aliphatic carbocycles. The van der Waals surface area contributed by atoms with Gasteiger partial charge in [0.25, 0.3) is 0 Å². The topological polar surface area (TPSA) is 44.8 Å². The van der Waals surface area contributed by atoms with Gasteiger partial charge in [-0.05, 0) is 37.4 Å². The highest BCUT2D eigenvalue weighted by Crippen LogP contribution is 2.30. The number of halogens is 2. The molecule has 5 nitrogen and oxygen atoms in total. The predicted molar refractivity (Wildman–Crippen MR) is 97.8 cm³/mol. The number of rotatable bonds is 3. The Labute approximate surface area is 155 Å². The first-order valence-corrected chi connectivity index (χ1v) is 8.27. The Balaban J connectivity index is 0.00000104. The van der Waals surface area contributed by atoms with E-state index in [0.717, 1.165) is 45.6 Å². The number of nitrogens with zero attached hydrogens (tertiary/aromatic N) is 2. The molecule has 5 rings (SSSR count). The number of amides is 1. The van der Waals surface area contributed by atoms with Crippen molar-refractivity contribution in [3.05, 3.63) is 35.9 Å². The van der Waals surface area contributed by atoms with Crippen LogP contribution in [0.4, 0.5) is 4.79 Å². The predicted octanol–water partition coefficient (Wildman–Crippen LogP) is 2.66. The van der Waals surface area contributed by atoms with E-state index in [1.807, 2.05) is 11.1 Å². The van der Waals surface area contributed by atoms with E-state index in [1.165, 1.54) is 5.56 Å². The van der Waals surface area contributed by atoms with Crippen LogP contribution in [0, 0.1) is 5.92 Å². The Morgan fingerprint density at radius 1 is 1.04 bits per heavy atom. The molecule has 1 aromatic rings. The number of hydrazine groups is 1. The van der Waals surface area contributed by atoms with Gasteiger partial charge in [0.2, 0.25) is 0 Å². The van der Waals surface area contributed by atoms with E-state index >= 15 is 0 Å². The fourth-order valence-electron chi connectivity index (χ4n) is 3.84. The molecule has 1 amide bonds. The van der Waals surface area contributed by atoms with E-state index in [-0.39, 0.29) is 37.0 Å². The van der Waals surface area contributed by atoms with E-state index in [9.17, 15) is 4.79 Å². The fourth-order valence-corrected chi connectivity index (χ4v) is 3.84. The summed E-state index contributed by atoms with van der Waals surface area (Å²) in [6, 6.07) is 10.4. The van der Waals surface area contributed by atoms with Gasteiger partial charge in [-0.25, -0.2) is 9.80 Å². The molecule has 4 aliphatic heterocycles. The lowest BCUT2D eigenvalue weighted by Crippen LogP contribution is -2.57. The molecule has 4 aliphatic rings. The minimum absolute atomic E-state index is 0. The van der Waals surface area contributed by atoms with Gasteiger partial charge >= 0.3 is 6.09 Å². The molecule has 1 N–H and O–H groups in total. The van der Waals surface area contributed by atoms with Gasteiger partial charge in [-0.15, -0.1) is 24.8 Å². The molecule has 4 fully saturated rings. The zero-order valence-electron chi connectivity index (χ0n) is 13.6. The molecule has 24 heavy (non-hydrogen) atoms. The first kappa shape index (κ1) is 19.3. The van der Waals surface area contributed by atoms with E-state index < -0.39 is 0 Å². The molecule has 0 unspecified atom stereocenters. The molecule has 0 aromatic heterocycles. The van der Waals surface area contributed by atoms with Crippen LogP contribution in [0.25, 0.3) is 0 Å². The minimum atomic E-state index is -0.287. The largest absolute Gasteiger partial charge is 0.444 e. The van der Waals surface area contributed by atoms with Crippen LogP contribution < -0.4 is 5.43 Å². The summed E-state index contributed by atoms with van der Waals surface area (Å²) in [6.45, 7) is 4.96. The molecule has 2 bridgehead atoms. The number of fused-ring (bicyclic) bond motifs is 3. The summed E-state index contributed by atoms with van der Waals surface area (Å²) >= 11 is 0. The number of ether oxygens (including phenoxy) is 1. The van der Waals surface area contributed by atoms with Gasteiger partial charge in [0.15, 0.2) is 0 Å². The van der Waals surface area contributed by atoms with Crippen molar-refractivity contribution in [2.24, 2.45) is 5.92 Å². The van der Waals surface area contributed by atoms with Crippen molar-refractivity contribution in [2.75, 3.05) is 32.7 Å². The summed E-state index contributed by atoms with van der Waals surface area (Å²) in [6.07, 6.45) is 2.12. The van der Waals surface area contributed by atoms with Crippen LogP contribution in [0.1, 0.15) is 24.3 Å². The maximum absolute atomic E-state index is 12.0. The maximum atomic E-state index is 12.0. The first-order chi connectivity index (χ1) is 10.8. The number of carbonyl (C=O) groups excluding carboxylic acids is 1. The van der Waals surface area contributed by atoms with Crippen LogP contribution in [0.15, 0.2) is 30.3 Å². The van der Waals surface area contributed by atoms with Crippen molar-refractivity contribution in [2.45, 2.75) is 24.9 Å². The van der Waals surface area contributed by atoms with Crippen LogP contribution in [0.5, 0.6) is 0 Å². The van der Waals surface area contributed by atoms with Crippen molar-refractivity contribution in [3.63, 3.8) is 0 Å². The number of hydrogen-bond acceptors (Lipinski definition) is 4. The molecule has 0 spiro atoms. The van der Waals surface area contributed by atoms with Gasteiger partial charge in [-0.1, -0.05) is 30.3 Å². The van der Waals surface area contributed by atoms with E-state index in [0.29, 0.717) is 11.8 Å². The molecule has 134 valence electrons. The minimum Gasteiger partial charge on any atom is -0.444 e. The van der Waals surface area contributed by atoms with Crippen LogP contribution in [0.2, 0.25) is 0 Å². The van der Waals surface area contributed by atoms with E-state index in [2.05, 4.69) is 34.6 Å². The Morgan fingerprint density at radius 3 is 2.29 bits per heavy atom. The highest BCUT2D eigenvalue weighted by atomic mass is 35.5. The monoisotopic (exact) mass is 373 g/mol. The second-order valence-electron chi connectivity index (χ2n) is 6.71. The van der Waals surface area contributed by atoms with Gasteiger partial charge < -0.3 is 4.74 Å². The lowest BCUT2D eigenvalue weighted by Gasteiger charge is -2.44. The number of carbonyl (C=O) groups is 1. The first-order valence-electron chi connectivity index (χ1n) is 8.27. The van der Waals surface area contributed by atoms with Crippen LogP contribution in [-0.2, 0) is 4.74 Å². The average Bonchev–Trinajstić information content (AvgIpc) is 2.52. The van der Waals surface area contributed by atoms with Crippen LogP contribution >= 0.6 is 24.8 Å². The SMILES string of the molecule is Cl.Cl.O=C(NN1CC(c2ccccc2)C1)O[C@H]1CN2CCC1CC2. The van der Waals surface area contributed by atoms with Gasteiger partial charge in [0.05, 0.1) is 0 Å². The lowest BCUT2D eigenvalue weighted by molar-refractivity contribution is -0.0432. The molecule has 1 aromatic carbocycles. The van der Waals surface area contributed by atoms with Gasteiger partial charge in [-0.2, -0.15) is 0 Å². The van der Waals surface area contributed by atoms with Crippen molar-refractivity contribution >= 4 is 30.9 Å². The highest BCUT2D eigenvalue weighted by Gasteiger charge is 2.37. The third-order valence-electron chi connectivity index (χ3n) is 5.26. The summed E-state index contributed by atoms with van der Waals surface area (Å²) in [4.78, 5) is 14.4. The Morgan fingerprint density at radius 2 is 1.71 bits per heavy atom. The molecule has 4 heterocycles. The summed E-state index contributed by atoms with van der Waals surface area (Å²) in [5.41, 5.74) is 4.22. The molecule has 1 atom stereocenters. The van der Waals surface area contributed by atoms with Crippen molar-refractivity contribution < 1.29 is 9.53 Å². The molecule has 0 saturated carbocycles. The summed E-state index contributed by atoms with van der Waals surface area (Å²) < 4.78 is 5.64. The maximum Gasteiger partial charge on any atom is 0.422 e. The third kappa shape index (κ3) is 4.14. The number of hydrogen-bond donors (Lipinski definition) is 1. The van der Waals surface area contributed by atoms with Gasteiger partial charge in [0.1, 0.15) is 6.10 Å². The van der Waals surface area contributed by atoms with Gasteiger partial charge in [0, 0.05) is 25.6 Å². The molecule has 7 heteroatoms. The Bertz CT molecular complexity index is 532. The summed E-state index contributed by atoms with van der Waals surface area (Å²) in [5, 5.41) is 1.95. The smallest absolute Gasteiger partial charge is 0.422 e. The second-order valence-corrected chi connectivity index (χ2v) is 6.71. The standard InChI is InChI=1S/C17H23N3O2.2ClH/c21-17(22-16-12-19-8-6-14(16)7-9-19)18-20-10-15(11-20)13-4-2-1-3-5-13;;/h1-5,14-16H,6-12H2,(H,18,21);2*1H/t16-;;/m0../s1. The Hall–Kier alpha value is -1.01. The van der Waals surface area contributed by atoms with Crippen molar-refractivity contribution in [1.29, 1.82) is 0 Å². The summed E-state index contributed by atoms with van der Waals surface area (Å²) in [7, 11) is 0. The van der Waals surface area contributed by atoms with E-state index in [1.54, 1.807) is 0 Å². The van der Waals surface area contributed by atoms with Crippen molar-refractivity contribution in [3.8, 4) is 0 Å². The third-order valence-corrected chi connectivity index (χ3v) is 5.26. The molecular weight excluding hydrogens is 349 g/mol. The second kappa shape index (κ2) is 8.39. The Kier molecular flexibility index (Phi) is 6.75. The zero-order valence-corrected chi connectivity index (χ0v) is 15.2. The van der Waals surface area contributed by atoms with E-state index in [4.69, 9.17) is 4.74 Å². The zero-order chi connectivity index (χ0) is 14.9. The molecule has 0 radical (unpaired) electrons. The highest BCUT2D eigenvalue weighted by molar-refractivity contribution is 5.85. The number of nitrogens with one attached hydrogen (secondary N) is 1. The van der Waals surface area contributed by atoms with Crippen LogP contribution in [0.3, 0.4) is 0 Å². The van der Waals surface area contributed by atoms with Crippen LogP contribution in [-0.4, -0.2) is 54.8 Å². The van der Waals surface area contributed by atoms with Gasteiger partial charge in [-0.3, -0.25) is 10.3 Å². The fraction of sp³-hybridized carbons (Fsp3) is 0.588. The molecular formula is C17H25Cl2N3O2. The number of benzene rings is 1. The quantitative estimate of drug-likeness (QED) is 0.884. The lowest BCUT2D eigenvalue weighted by atomic mass is 9.86. The number of piperidine rings is 3. The normalized spacial score (nSPS) is 28.9.